The van der Waals surface area contributed by atoms with E-state index in [1.807, 2.05) is 0 Å². The number of benzene rings is 8. The molecular formula is C43H31N. The molecule has 8 aromatic rings. The van der Waals surface area contributed by atoms with Crippen molar-refractivity contribution in [3.05, 3.63) is 163 Å². The van der Waals surface area contributed by atoms with E-state index in [1.165, 1.54) is 71.0 Å². The van der Waals surface area contributed by atoms with Gasteiger partial charge in [-0.1, -0.05) is 123 Å². The minimum atomic E-state index is -0.147. The summed E-state index contributed by atoms with van der Waals surface area (Å²) >= 11 is 0. The van der Waals surface area contributed by atoms with Gasteiger partial charge in [0.25, 0.3) is 0 Å². The largest absolute Gasteiger partial charge is 0.310 e. The molecule has 0 radical (unpaired) electrons. The van der Waals surface area contributed by atoms with Crippen LogP contribution in [-0.2, 0) is 5.41 Å². The minimum Gasteiger partial charge on any atom is -0.310 e. The van der Waals surface area contributed by atoms with Crippen LogP contribution >= 0.6 is 0 Å². The molecule has 0 saturated carbocycles. The molecule has 208 valence electrons. The highest BCUT2D eigenvalue weighted by Gasteiger charge is 2.38. The average molecular weight is 562 g/mol. The molecule has 1 aliphatic rings. The van der Waals surface area contributed by atoms with Crippen molar-refractivity contribution in [2.75, 3.05) is 4.90 Å². The van der Waals surface area contributed by atoms with Crippen LogP contribution in [0.2, 0.25) is 0 Å². The molecule has 0 atom stereocenters. The van der Waals surface area contributed by atoms with Crippen molar-refractivity contribution < 1.29 is 0 Å². The molecule has 1 aliphatic carbocycles. The molecule has 0 spiro atoms. The maximum Gasteiger partial charge on any atom is 0.0543 e. The lowest BCUT2D eigenvalue weighted by Crippen LogP contribution is -2.17. The zero-order valence-electron chi connectivity index (χ0n) is 24.9. The number of rotatable bonds is 3. The van der Waals surface area contributed by atoms with E-state index in [9.17, 15) is 0 Å². The third-order valence-electron chi connectivity index (χ3n) is 9.75. The molecule has 0 saturated heterocycles. The first-order chi connectivity index (χ1) is 21.6. The topological polar surface area (TPSA) is 3.24 Å². The zero-order valence-corrected chi connectivity index (χ0v) is 24.9. The summed E-state index contributed by atoms with van der Waals surface area (Å²) in [5.74, 6) is 0. The van der Waals surface area contributed by atoms with E-state index in [1.54, 1.807) is 0 Å². The first kappa shape index (κ1) is 25.1. The normalized spacial score (nSPS) is 13.4. The van der Waals surface area contributed by atoms with Gasteiger partial charge in [0.2, 0.25) is 0 Å². The first-order valence-corrected chi connectivity index (χ1v) is 15.4. The van der Waals surface area contributed by atoms with Gasteiger partial charge < -0.3 is 4.90 Å². The van der Waals surface area contributed by atoms with Gasteiger partial charge in [-0.25, -0.2) is 0 Å². The third kappa shape index (κ3) is 3.66. The summed E-state index contributed by atoms with van der Waals surface area (Å²) in [6, 6.07) is 56.0. The van der Waals surface area contributed by atoms with Gasteiger partial charge in [-0.2, -0.15) is 0 Å². The predicted octanol–water partition coefficient (Wildman–Crippen LogP) is 12.1. The molecule has 0 heterocycles. The molecule has 0 fully saturated rings. The Bertz CT molecular complexity index is 2350. The highest BCUT2D eigenvalue weighted by molar-refractivity contribution is 6.11. The second kappa shape index (κ2) is 9.30. The van der Waals surface area contributed by atoms with Crippen molar-refractivity contribution in [1.29, 1.82) is 0 Å². The summed E-state index contributed by atoms with van der Waals surface area (Å²) in [5.41, 5.74) is 8.87. The van der Waals surface area contributed by atoms with E-state index in [4.69, 9.17) is 0 Å². The summed E-state index contributed by atoms with van der Waals surface area (Å²) < 4.78 is 0. The molecule has 1 heteroatoms. The number of hydrogen-bond donors (Lipinski definition) is 0. The Kier molecular flexibility index (Phi) is 5.31. The second-order valence-corrected chi connectivity index (χ2v) is 12.6. The highest BCUT2D eigenvalue weighted by Crippen LogP contribution is 2.55. The van der Waals surface area contributed by atoms with Gasteiger partial charge in [0, 0.05) is 22.2 Å². The standard InChI is InChI=1S/C43H31N/c1-43(2)39-26-33-16-8-7-15-32(33)25-38(39)42-37-18-10-9-17-36(37)41(27-40(42)43)44(34-21-19-28-11-3-5-13-30(28)23-34)35-22-20-29-12-4-6-14-31(29)24-35/h3-27H,1-2H3. The fourth-order valence-electron chi connectivity index (χ4n) is 7.49. The monoisotopic (exact) mass is 561 g/mol. The molecule has 44 heavy (non-hydrogen) atoms. The molecule has 0 unspecified atom stereocenters. The van der Waals surface area contributed by atoms with E-state index < -0.39 is 0 Å². The Balaban J connectivity index is 1.37. The van der Waals surface area contributed by atoms with E-state index >= 15 is 0 Å². The number of hydrogen-bond acceptors (Lipinski definition) is 1. The van der Waals surface area contributed by atoms with Crippen LogP contribution in [0.1, 0.15) is 25.0 Å². The van der Waals surface area contributed by atoms with Gasteiger partial charge in [0.1, 0.15) is 0 Å². The van der Waals surface area contributed by atoms with Gasteiger partial charge in [0.05, 0.1) is 5.69 Å². The van der Waals surface area contributed by atoms with Crippen molar-refractivity contribution in [1.82, 2.24) is 0 Å². The number of fused-ring (bicyclic) bond motifs is 8. The zero-order chi connectivity index (χ0) is 29.4. The highest BCUT2D eigenvalue weighted by atomic mass is 15.1. The lowest BCUT2D eigenvalue weighted by Gasteiger charge is -2.30. The molecular weight excluding hydrogens is 530 g/mol. The summed E-state index contributed by atoms with van der Waals surface area (Å²) in [6.45, 7) is 4.78. The van der Waals surface area contributed by atoms with Crippen LogP contribution in [0.3, 0.4) is 0 Å². The Hall–Kier alpha value is -5.40. The lowest BCUT2D eigenvalue weighted by molar-refractivity contribution is 0.661. The smallest absolute Gasteiger partial charge is 0.0543 e. The van der Waals surface area contributed by atoms with Gasteiger partial charge >= 0.3 is 0 Å². The summed E-state index contributed by atoms with van der Waals surface area (Å²) in [7, 11) is 0. The molecule has 8 aromatic carbocycles. The van der Waals surface area contributed by atoms with Gasteiger partial charge in [-0.3, -0.25) is 0 Å². The molecule has 0 bridgehead atoms. The van der Waals surface area contributed by atoms with Crippen LogP contribution in [-0.4, -0.2) is 0 Å². The summed E-state index contributed by atoms with van der Waals surface area (Å²) in [4.78, 5) is 2.47. The van der Waals surface area contributed by atoms with E-state index in [-0.39, 0.29) is 5.41 Å². The van der Waals surface area contributed by atoms with Crippen molar-refractivity contribution in [3.63, 3.8) is 0 Å². The lowest BCUT2D eigenvalue weighted by atomic mass is 9.81. The Morgan fingerprint density at radius 2 is 0.886 bits per heavy atom. The van der Waals surface area contributed by atoms with E-state index in [2.05, 4.69) is 170 Å². The molecule has 0 N–H and O–H groups in total. The van der Waals surface area contributed by atoms with Gasteiger partial charge in [-0.05, 0) is 102 Å². The average Bonchev–Trinajstić information content (AvgIpc) is 3.29. The van der Waals surface area contributed by atoms with Crippen LogP contribution in [0.25, 0.3) is 54.2 Å². The third-order valence-corrected chi connectivity index (χ3v) is 9.75. The van der Waals surface area contributed by atoms with Crippen molar-refractivity contribution in [3.8, 4) is 11.1 Å². The van der Waals surface area contributed by atoms with Gasteiger partial charge in [0.15, 0.2) is 0 Å². The summed E-state index contributed by atoms with van der Waals surface area (Å²) in [6.07, 6.45) is 0. The SMILES string of the molecule is CC1(C)c2cc3ccccc3cc2-c2c1cc(N(c1ccc3ccccc3c1)c1ccc3ccccc3c1)c1ccccc21. The van der Waals surface area contributed by atoms with Crippen LogP contribution in [0.5, 0.6) is 0 Å². The number of nitrogens with zero attached hydrogens (tertiary/aromatic N) is 1. The minimum absolute atomic E-state index is 0.147. The van der Waals surface area contributed by atoms with E-state index in [0.29, 0.717) is 0 Å². The Morgan fingerprint density at radius 1 is 0.409 bits per heavy atom. The number of anilines is 3. The summed E-state index contributed by atoms with van der Waals surface area (Å²) in [5, 5.41) is 10.1. The van der Waals surface area contributed by atoms with Crippen LogP contribution < -0.4 is 4.90 Å². The molecule has 0 amide bonds. The van der Waals surface area contributed by atoms with Crippen molar-refractivity contribution in [2.24, 2.45) is 0 Å². The quantitative estimate of drug-likeness (QED) is 0.207. The molecule has 0 aliphatic heterocycles. The fourth-order valence-corrected chi connectivity index (χ4v) is 7.49. The predicted molar refractivity (Wildman–Crippen MR) is 189 cm³/mol. The van der Waals surface area contributed by atoms with Gasteiger partial charge in [-0.15, -0.1) is 0 Å². The molecule has 1 nitrogen and oxygen atoms in total. The molecule has 0 aromatic heterocycles. The van der Waals surface area contributed by atoms with Crippen molar-refractivity contribution in [2.45, 2.75) is 19.3 Å². The van der Waals surface area contributed by atoms with Crippen LogP contribution in [0.4, 0.5) is 17.1 Å². The maximum atomic E-state index is 2.48. The second-order valence-electron chi connectivity index (χ2n) is 12.6. The van der Waals surface area contributed by atoms with Crippen LogP contribution in [0.15, 0.2) is 152 Å². The first-order valence-electron chi connectivity index (χ1n) is 15.4. The Labute approximate surface area is 257 Å². The maximum absolute atomic E-state index is 2.48. The molecule has 9 rings (SSSR count). The Morgan fingerprint density at radius 3 is 1.48 bits per heavy atom. The van der Waals surface area contributed by atoms with Crippen molar-refractivity contribution >= 4 is 60.2 Å². The fraction of sp³-hybridized carbons (Fsp3) is 0.0698. The van der Waals surface area contributed by atoms with E-state index in [0.717, 1.165) is 11.4 Å². The van der Waals surface area contributed by atoms with Crippen LogP contribution in [0, 0.1) is 0 Å².